The number of nitrogens with two attached hydrogens (primary N) is 1. The highest BCUT2D eigenvalue weighted by Crippen LogP contribution is 2.42. The minimum Gasteiger partial charge on any atom is -0.481 e. The first-order valence-electron chi connectivity index (χ1n) is 5.59. The average Bonchev–Trinajstić information content (AvgIpc) is 2.65. The van der Waals surface area contributed by atoms with E-state index in [1.54, 1.807) is 13.3 Å². The molecule has 0 amide bonds. The molecule has 15 heavy (non-hydrogen) atoms. The SMILES string of the molecule is CCCC1CCc2c(N)cnc(OC)c21. The standard InChI is InChI=1S/C12H18N2O/c1-3-4-8-5-6-9-10(13)7-14-12(15-2)11(8)9/h7-8H,3-6,13H2,1-2H3. The van der Waals surface area contributed by atoms with E-state index in [0.29, 0.717) is 5.92 Å². The van der Waals surface area contributed by atoms with Crippen LogP contribution in [0.3, 0.4) is 0 Å². The molecule has 1 heterocycles. The van der Waals surface area contributed by atoms with Gasteiger partial charge in [-0.05, 0) is 30.7 Å². The van der Waals surface area contributed by atoms with E-state index in [9.17, 15) is 0 Å². The zero-order valence-corrected chi connectivity index (χ0v) is 9.42. The molecule has 2 rings (SSSR count). The lowest BCUT2D eigenvalue weighted by Gasteiger charge is -2.13. The minimum atomic E-state index is 0.593. The van der Waals surface area contributed by atoms with Gasteiger partial charge in [-0.3, -0.25) is 0 Å². The second-order valence-electron chi connectivity index (χ2n) is 4.14. The van der Waals surface area contributed by atoms with E-state index in [0.717, 1.165) is 18.0 Å². The Hall–Kier alpha value is -1.25. The maximum Gasteiger partial charge on any atom is 0.216 e. The number of anilines is 1. The van der Waals surface area contributed by atoms with Crippen molar-refractivity contribution in [3.8, 4) is 5.88 Å². The quantitative estimate of drug-likeness (QED) is 0.826. The predicted octanol–water partition coefficient (Wildman–Crippen LogP) is 2.50. The van der Waals surface area contributed by atoms with Gasteiger partial charge in [-0.1, -0.05) is 13.3 Å². The second-order valence-corrected chi connectivity index (χ2v) is 4.14. The fourth-order valence-electron chi connectivity index (χ4n) is 2.52. The van der Waals surface area contributed by atoms with E-state index >= 15 is 0 Å². The Labute approximate surface area is 90.7 Å². The Balaban J connectivity index is 2.43. The van der Waals surface area contributed by atoms with Gasteiger partial charge in [0.05, 0.1) is 19.0 Å². The normalized spacial score (nSPS) is 18.9. The smallest absolute Gasteiger partial charge is 0.216 e. The number of hydrogen-bond donors (Lipinski definition) is 1. The van der Waals surface area contributed by atoms with Gasteiger partial charge >= 0.3 is 0 Å². The summed E-state index contributed by atoms with van der Waals surface area (Å²) in [6.45, 7) is 2.21. The number of ether oxygens (including phenoxy) is 1. The summed E-state index contributed by atoms with van der Waals surface area (Å²) in [7, 11) is 1.68. The van der Waals surface area contributed by atoms with Gasteiger partial charge in [-0.2, -0.15) is 0 Å². The number of aromatic nitrogens is 1. The van der Waals surface area contributed by atoms with Crippen molar-refractivity contribution in [2.45, 2.75) is 38.5 Å². The summed E-state index contributed by atoms with van der Waals surface area (Å²) < 4.78 is 5.32. The van der Waals surface area contributed by atoms with Gasteiger partial charge in [-0.25, -0.2) is 4.98 Å². The third kappa shape index (κ3) is 1.66. The molecule has 3 nitrogen and oxygen atoms in total. The molecule has 1 aliphatic rings. The molecule has 1 aromatic heterocycles. The van der Waals surface area contributed by atoms with Crippen molar-refractivity contribution < 1.29 is 4.74 Å². The lowest BCUT2D eigenvalue weighted by Crippen LogP contribution is -2.02. The van der Waals surface area contributed by atoms with Gasteiger partial charge < -0.3 is 10.5 Å². The second kappa shape index (κ2) is 4.09. The van der Waals surface area contributed by atoms with Crippen LogP contribution < -0.4 is 10.5 Å². The number of nitrogens with zero attached hydrogens (tertiary/aromatic N) is 1. The van der Waals surface area contributed by atoms with Gasteiger partial charge in [0.1, 0.15) is 0 Å². The lowest BCUT2D eigenvalue weighted by atomic mass is 9.97. The van der Waals surface area contributed by atoms with Crippen LogP contribution in [0.25, 0.3) is 0 Å². The Kier molecular flexibility index (Phi) is 2.80. The molecule has 82 valence electrons. The topological polar surface area (TPSA) is 48.1 Å². The van der Waals surface area contributed by atoms with Crippen LogP contribution in [-0.2, 0) is 6.42 Å². The van der Waals surface area contributed by atoms with Gasteiger partial charge in [-0.15, -0.1) is 0 Å². The van der Waals surface area contributed by atoms with E-state index in [1.807, 2.05) is 0 Å². The molecule has 1 aliphatic carbocycles. The summed E-state index contributed by atoms with van der Waals surface area (Å²) in [4.78, 5) is 4.25. The molecular formula is C12H18N2O. The summed E-state index contributed by atoms with van der Waals surface area (Å²) in [5, 5.41) is 0. The summed E-state index contributed by atoms with van der Waals surface area (Å²) in [6.07, 6.45) is 6.38. The van der Waals surface area contributed by atoms with Gasteiger partial charge in [0.15, 0.2) is 0 Å². The first-order chi connectivity index (χ1) is 7.27. The van der Waals surface area contributed by atoms with Crippen LogP contribution in [0.15, 0.2) is 6.20 Å². The maximum atomic E-state index is 5.94. The van der Waals surface area contributed by atoms with Crippen molar-refractivity contribution in [2.24, 2.45) is 0 Å². The van der Waals surface area contributed by atoms with E-state index < -0.39 is 0 Å². The molecule has 0 radical (unpaired) electrons. The Bertz CT molecular complexity index is 363. The summed E-state index contributed by atoms with van der Waals surface area (Å²) in [5.41, 5.74) is 9.29. The molecule has 0 saturated heterocycles. The molecule has 0 aromatic carbocycles. The highest BCUT2D eigenvalue weighted by molar-refractivity contribution is 5.56. The zero-order chi connectivity index (χ0) is 10.8. The molecular weight excluding hydrogens is 188 g/mol. The molecule has 1 aromatic rings. The first kappa shape index (κ1) is 10.3. The molecule has 0 bridgehead atoms. The average molecular weight is 206 g/mol. The van der Waals surface area contributed by atoms with Crippen molar-refractivity contribution >= 4 is 5.69 Å². The monoisotopic (exact) mass is 206 g/mol. The number of pyridine rings is 1. The van der Waals surface area contributed by atoms with Crippen molar-refractivity contribution in [3.05, 3.63) is 17.3 Å². The lowest BCUT2D eigenvalue weighted by molar-refractivity contribution is 0.388. The van der Waals surface area contributed by atoms with Crippen molar-refractivity contribution in [1.29, 1.82) is 0 Å². The minimum absolute atomic E-state index is 0.593. The summed E-state index contributed by atoms with van der Waals surface area (Å²) in [6, 6.07) is 0. The number of methoxy groups -OCH3 is 1. The van der Waals surface area contributed by atoms with Crippen LogP contribution in [0.2, 0.25) is 0 Å². The number of fused-ring (bicyclic) bond motifs is 1. The fraction of sp³-hybridized carbons (Fsp3) is 0.583. The third-order valence-electron chi connectivity index (χ3n) is 3.21. The van der Waals surface area contributed by atoms with Crippen molar-refractivity contribution in [2.75, 3.05) is 12.8 Å². The number of hydrogen-bond acceptors (Lipinski definition) is 3. The van der Waals surface area contributed by atoms with Gasteiger partial charge in [0.2, 0.25) is 5.88 Å². The van der Waals surface area contributed by atoms with Crippen LogP contribution in [0, 0.1) is 0 Å². The molecule has 1 atom stereocenters. The van der Waals surface area contributed by atoms with E-state index in [2.05, 4.69) is 11.9 Å². The van der Waals surface area contributed by atoms with Crippen LogP contribution in [0.1, 0.15) is 43.2 Å². The molecule has 1 unspecified atom stereocenters. The van der Waals surface area contributed by atoms with E-state index in [4.69, 9.17) is 10.5 Å². The van der Waals surface area contributed by atoms with Gasteiger partial charge in [0, 0.05) is 5.56 Å². The first-order valence-corrected chi connectivity index (χ1v) is 5.59. The third-order valence-corrected chi connectivity index (χ3v) is 3.21. The molecule has 0 fully saturated rings. The highest BCUT2D eigenvalue weighted by Gasteiger charge is 2.27. The fourth-order valence-corrected chi connectivity index (χ4v) is 2.52. The molecule has 2 N–H and O–H groups in total. The van der Waals surface area contributed by atoms with Crippen LogP contribution in [-0.4, -0.2) is 12.1 Å². The maximum absolute atomic E-state index is 5.94. The van der Waals surface area contributed by atoms with E-state index in [1.165, 1.54) is 30.4 Å². The Morgan fingerprint density at radius 1 is 1.60 bits per heavy atom. The van der Waals surface area contributed by atoms with Crippen LogP contribution in [0.5, 0.6) is 5.88 Å². The molecule has 0 saturated carbocycles. The van der Waals surface area contributed by atoms with Crippen LogP contribution >= 0.6 is 0 Å². The Morgan fingerprint density at radius 3 is 3.07 bits per heavy atom. The largest absolute Gasteiger partial charge is 0.481 e. The summed E-state index contributed by atoms with van der Waals surface area (Å²) >= 11 is 0. The molecule has 0 aliphatic heterocycles. The number of rotatable bonds is 3. The molecule has 0 spiro atoms. The van der Waals surface area contributed by atoms with Crippen molar-refractivity contribution in [1.82, 2.24) is 4.98 Å². The van der Waals surface area contributed by atoms with Crippen LogP contribution in [0.4, 0.5) is 5.69 Å². The van der Waals surface area contributed by atoms with E-state index in [-0.39, 0.29) is 0 Å². The molecule has 3 heteroatoms. The summed E-state index contributed by atoms with van der Waals surface area (Å²) in [5.74, 6) is 1.37. The zero-order valence-electron chi connectivity index (χ0n) is 9.42. The number of nitrogen functional groups attached to an aromatic ring is 1. The highest BCUT2D eigenvalue weighted by atomic mass is 16.5. The van der Waals surface area contributed by atoms with Gasteiger partial charge in [0.25, 0.3) is 0 Å². The Morgan fingerprint density at radius 2 is 2.40 bits per heavy atom. The predicted molar refractivity (Wildman–Crippen MR) is 61.2 cm³/mol. The van der Waals surface area contributed by atoms with Crippen molar-refractivity contribution in [3.63, 3.8) is 0 Å².